The monoisotopic (exact) mass is 405 g/mol. The van der Waals surface area contributed by atoms with Gasteiger partial charge in [-0.3, -0.25) is 9.69 Å². The summed E-state index contributed by atoms with van der Waals surface area (Å²) in [6, 6.07) is 7.00. The quantitative estimate of drug-likeness (QED) is 0.772. The molecule has 30 heavy (non-hydrogen) atoms. The Kier molecular flexibility index (Phi) is 5.44. The van der Waals surface area contributed by atoms with Gasteiger partial charge in [-0.05, 0) is 61.8 Å². The molecule has 3 aliphatic rings. The third kappa shape index (κ3) is 3.39. The minimum Gasteiger partial charge on any atom is -0.361 e. The van der Waals surface area contributed by atoms with Gasteiger partial charge in [0.05, 0.1) is 5.92 Å². The molecule has 1 fully saturated rings. The number of nitrogens with one attached hydrogen (secondary N) is 1. The van der Waals surface area contributed by atoms with E-state index in [1.807, 2.05) is 4.90 Å². The van der Waals surface area contributed by atoms with Gasteiger partial charge >= 0.3 is 0 Å². The molecule has 4 heteroatoms. The van der Waals surface area contributed by atoms with Gasteiger partial charge in [-0.15, -0.1) is 0 Å². The first-order valence-electron chi connectivity index (χ1n) is 12.0. The molecule has 2 atom stereocenters. The van der Waals surface area contributed by atoms with Crippen LogP contribution in [0.3, 0.4) is 0 Å². The van der Waals surface area contributed by atoms with E-state index in [2.05, 4.69) is 54.2 Å². The van der Waals surface area contributed by atoms with Crippen molar-refractivity contribution in [3.8, 4) is 0 Å². The number of hydrogen-bond donors (Lipinski definition) is 1. The largest absolute Gasteiger partial charge is 0.361 e. The third-order valence-corrected chi connectivity index (χ3v) is 7.73. The summed E-state index contributed by atoms with van der Waals surface area (Å²) in [7, 11) is 0. The fraction of sp³-hybridized carbons (Fsp3) is 0.577. The summed E-state index contributed by atoms with van der Waals surface area (Å²) in [6.07, 6.45) is 12.4. The van der Waals surface area contributed by atoms with E-state index in [-0.39, 0.29) is 5.92 Å². The number of H-pyrrole nitrogens is 1. The molecule has 2 aliphatic carbocycles. The molecule has 5 rings (SSSR count). The summed E-state index contributed by atoms with van der Waals surface area (Å²) in [5.74, 6) is 1.05. The average molecular weight is 406 g/mol. The average Bonchev–Trinajstić information content (AvgIpc) is 3.20. The van der Waals surface area contributed by atoms with Crippen molar-refractivity contribution in [2.75, 3.05) is 26.2 Å². The molecule has 1 aliphatic heterocycles. The molecule has 1 aromatic heterocycles. The maximum atomic E-state index is 13.4. The normalized spacial score (nSPS) is 24.5. The number of carbonyl (C=O) groups is 1. The summed E-state index contributed by atoms with van der Waals surface area (Å²) >= 11 is 0. The number of aromatic nitrogens is 1. The smallest absolute Gasteiger partial charge is 0.230 e. The highest BCUT2D eigenvalue weighted by molar-refractivity contribution is 5.99. The molecule has 1 N–H and O–H groups in total. The van der Waals surface area contributed by atoms with Gasteiger partial charge in [-0.25, -0.2) is 0 Å². The van der Waals surface area contributed by atoms with Crippen molar-refractivity contribution >= 4 is 22.4 Å². The highest BCUT2D eigenvalue weighted by Crippen LogP contribution is 2.42. The van der Waals surface area contributed by atoms with E-state index in [4.69, 9.17) is 0 Å². The summed E-state index contributed by atoms with van der Waals surface area (Å²) in [5, 5.41) is 1.37. The van der Waals surface area contributed by atoms with Crippen molar-refractivity contribution in [2.24, 2.45) is 11.8 Å². The van der Waals surface area contributed by atoms with Gasteiger partial charge in [0.1, 0.15) is 0 Å². The molecule has 2 aromatic rings. The van der Waals surface area contributed by atoms with Crippen LogP contribution in [0, 0.1) is 11.8 Å². The van der Waals surface area contributed by atoms with Crippen molar-refractivity contribution < 1.29 is 4.79 Å². The first-order valence-corrected chi connectivity index (χ1v) is 12.0. The topological polar surface area (TPSA) is 39.3 Å². The molecular weight excluding hydrogens is 370 g/mol. The Morgan fingerprint density at radius 1 is 1.17 bits per heavy atom. The summed E-state index contributed by atoms with van der Waals surface area (Å²) < 4.78 is 0. The second kappa shape index (κ2) is 8.22. The number of aromatic amines is 1. The molecule has 2 heterocycles. The zero-order valence-electron chi connectivity index (χ0n) is 18.5. The standard InChI is InChI=1S/C26H35N3O/c1-3-28(4-2)26(30)20-13-22-21-11-8-12-23-25(21)19(15-27-23)14-24(22)29(17-20)16-18-9-6-5-7-10-18/h8,11-13,15,18,20,24,27H,3-7,9-10,14,16-17H2,1-2H3/t20-,24-/m1/s1. The lowest BCUT2D eigenvalue weighted by atomic mass is 9.78. The first kappa shape index (κ1) is 19.9. The van der Waals surface area contributed by atoms with Crippen LogP contribution in [0.15, 0.2) is 30.5 Å². The van der Waals surface area contributed by atoms with Crippen LogP contribution in [0.5, 0.6) is 0 Å². The SMILES string of the molecule is CCN(CC)C(=O)[C@@H]1C=C2c3cccc4[nH]cc(c34)C[C@H]2N(CC2CCCCC2)C1. The molecule has 1 saturated carbocycles. The van der Waals surface area contributed by atoms with Gasteiger partial charge in [-0.2, -0.15) is 0 Å². The Morgan fingerprint density at radius 3 is 2.73 bits per heavy atom. The fourth-order valence-electron chi connectivity index (χ4n) is 6.15. The minimum atomic E-state index is -0.0320. The lowest BCUT2D eigenvalue weighted by molar-refractivity contribution is -0.134. The van der Waals surface area contributed by atoms with Crippen molar-refractivity contribution in [2.45, 2.75) is 58.4 Å². The summed E-state index contributed by atoms with van der Waals surface area (Å²) in [4.78, 5) is 21.5. The molecule has 160 valence electrons. The van der Waals surface area contributed by atoms with Gasteiger partial charge in [-0.1, -0.05) is 37.5 Å². The lowest BCUT2D eigenvalue weighted by Gasteiger charge is -2.44. The maximum absolute atomic E-state index is 13.4. The third-order valence-electron chi connectivity index (χ3n) is 7.73. The van der Waals surface area contributed by atoms with Crippen LogP contribution in [0.4, 0.5) is 0 Å². The number of hydrogen-bond acceptors (Lipinski definition) is 2. The van der Waals surface area contributed by atoms with Gasteiger partial charge in [0.15, 0.2) is 0 Å². The second-order valence-electron chi connectivity index (χ2n) is 9.46. The highest BCUT2D eigenvalue weighted by atomic mass is 16.2. The molecule has 0 saturated heterocycles. The minimum absolute atomic E-state index is 0.0320. The Hall–Kier alpha value is -2.07. The Labute approximate surface area is 180 Å². The Morgan fingerprint density at radius 2 is 1.97 bits per heavy atom. The molecule has 0 unspecified atom stereocenters. The number of carbonyl (C=O) groups excluding carboxylic acids is 1. The van der Waals surface area contributed by atoms with Crippen LogP contribution >= 0.6 is 0 Å². The molecule has 0 spiro atoms. The van der Waals surface area contributed by atoms with E-state index in [1.165, 1.54) is 59.7 Å². The van der Waals surface area contributed by atoms with Gasteiger partial charge in [0.25, 0.3) is 0 Å². The van der Waals surface area contributed by atoms with Crippen LogP contribution < -0.4 is 0 Å². The Balaban J connectivity index is 1.53. The Bertz CT molecular complexity index is 948. The molecule has 1 amide bonds. The van der Waals surface area contributed by atoms with E-state index in [1.54, 1.807) is 0 Å². The molecule has 0 bridgehead atoms. The van der Waals surface area contributed by atoms with Crippen molar-refractivity contribution in [3.63, 3.8) is 0 Å². The maximum Gasteiger partial charge on any atom is 0.230 e. The van der Waals surface area contributed by atoms with Gasteiger partial charge in [0, 0.05) is 49.3 Å². The van der Waals surface area contributed by atoms with E-state index in [9.17, 15) is 4.79 Å². The van der Waals surface area contributed by atoms with Crippen LogP contribution in [-0.4, -0.2) is 52.9 Å². The zero-order chi connectivity index (χ0) is 20.7. The first-order chi connectivity index (χ1) is 14.7. The van der Waals surface area contributed by atoms with Crippen molar-refractivity contribution in [1.29, 1.82) is 0 Å². The summed E-state index contributed by atoms with van der Waals surface area (Å²) in [5.41, 5.74) is 5.38. The van der Waals surface area contributed by atoms with Crippen molar-refractivity contribution in [3.05, 3.63) is 41.6 Å². The van der Waals surface area contributed by atoms with Crippen molar-refractivity contribution in [1.82, 2.24) is 14.8 Å². The van der Waals surface area contributed by atoms with Gasteiger partial charge in [0.2, 0.25) is 5.91 Å². The second-order valence-corrected chi connectivity index (χ2v) is 9.46. The van der Waals surface area contributed by atoms with Crippen LogP contribution in [0.1, 0.15) is 57.1 Å². The van der Waals surface area contributed by atoms with E-state index < -0.39 is 0 Å². The molecule has 4 nitrogen and oxygen atoms in total. The number of fused-ring (bicyclic) bond motifs is 2. The predicted octanol–water partition coefficient (Wildman–Crippen LogP) is 4.86. The van der Waals surface area contributed by atoms with Gasteiger partial charge < -0.3 is 9.88 Å². The molecule has 0 radical (unpaired) electrons. The number of amides is 1. The summed E-state index contributed by atoms with van der Waals surface area (Å²) in [6.45, 7) is 7.77. The lowest BCUT2D eigenvalue weighted by Crippen LogP contribution is -2.50. The van der Waals surface area contributed by atoms with Crippen LogP contribution in [0.25, 0.3) is 16.5 Å². The van der Waals surface area contributed by atoms with E-state index in [0.29, 0.717) is 11.9 Å². The van der Waals surface area contributed by atoms with Crippen LogP contribution in [-0.2, 0) is 11.2 Å². The number of benzene rings is 1. The fourth-order valence-corrected chi connectivity index (χ4v) is 6.15. The van der Waals surface area contributed by atoms with E-state index in [0.717, 1.165) is 38.5 Å². The predicted molar refractivity (Wildman–Crippen MR) is 123 cm³/mol. The number of rotatable bonds is 5. The van der Waals surface area contributed by atoms with Crippen LogP contribution in [0.2, 0.25) is 0 Å². The highest BCUT2D eigenvalue weighted by Gasteiger charge is 2.38. The zero-order valence-corrected chi connectivity index (χ0v) is 18.5. The molecule has 1 aromatic carbocycles. The molecular formula is C26H35N3O. The van der Waals surface area contributed by atoms with E-state index >= 15 is 0 Å². The number of nitrogens with zero attached hydrogens (tertiary/aromatic N) is 2.